The second-order valence-electron chi connectivity index (χ2n) is 23.9. The molecule has 0 aliphatic carbocycles. The monoisotopic (exact) mass is 1030 g/mol. The molecule has 6 aromatic heterocycles. The van der Waals surface area contributed by atoms with E-state index in [0.717, 1.165) is 0 Å². The van der Waals surface area contributed by atoms with Gasteiger partial charge in [0.1, 0.15) is 0 Å². The summed E-state index contributed by atoms with van der Waals surface area (Å²) in [7, 11) is 0. The largest absolute Gasteiger partial charge is 0.308 e. The third-order valence-electron chi connectivity index (χ3n) is 17.6. The summed E-state index contributed by atoms with van der Waals surface area (Å²) in [4.78, 5) is 0. The van der Waals surface area contributed by atoms with Crippen LogP contribution < -0.4 is 0 Å². The predicted octanol–water partition coefficient (Wildman–Crippen LogP) is 22.0. The van der Waals surface area contributed by atoms with Gasteiger partial charge in [-0.1, -0.05) is 211 Å². The van der Waals surface area contributed by atoms with Crippen LogP contribution in [0.15, 0.2) is 206 Å². The van der Waals surface area contributed by atoms with Crippen LogP contribution in [-0.2, 0) is 10.8 Å². The van der Waals surface area contributed by atoms with Crippen LogP contribution in [0.25, 0.3) is 161 Å². The Hall–Kier alpha value is -8.54. The Kier molecular flexibility index (Phi) is 8.90. The highest BCUT2D eigenvalue weighted by molar-refractivity contribution is 7.27. The SMILES string of the molecule is CC(C)(C)c1ccc(-c2ccccc2-c2ccc3c4c5sc6ccccc6c5ccc4n4c5cc6c7c(-c8ccccc8-c8ccc(C(C)(C)C)cc8)ccc8c9c%10sc%11ccccc%11c%10ccc9n(c6cc5c2c34)c87)cc1. The molecule has 0 aliphatic heterocycles. The topological polar surface area (TPSA) is 8.82 Å². The lowest BCUT2D eigenvalue weighted by molar-refractivity contribution is 0.590. The summed E-state index contributed by atoms with van der Waals surface area (Å²) in [6.07, 6.45) is 0. The molecule has 6 heterocycles. The molecule has 0 spiro atoms. The van der Waals surface area contributed by atoms with Crippen molar-refractivity contribution in [2.45, 2.75) is 52.4 Å². The number of thiophene rings is 2. The molecule has 0 amide bonds. The quantitative estimate of drug-likeness (QED) is 0.166. The molecular weight excluding hydrogens is 981 g/mol. The highest BCUT2D eigenvalue weighted by Crippen LogP contribution is 2.53. The summed E-state index contributed by atoms with van der Waals surface area (Å²) in [5, 5.41) is 15.7. The fraction of sp³-hybridized carbons (Fsp3) is 0.108. The van der Waals surface area contributed by atoms with Crippen LogP contribution in [-0.4, -0.2) is 8.80 Å². The minimum Gasteiger partial charge on any atom is -0.308 e. The number of aromatic nitrogens is 2. The Bertz CT molecular complexity index is 5030. The van der Waals surface area contributed by atoms with E-state index >= 15 is 0 Å². The van der Waals surface area contributed by atoms with Gasteiger partial charge in [-0.05, 0) is 103 Å². The van der Waals surface area contributed by atoms with Crippen molar-refractivity contribution in [2.24, 2.45) is 0 Å². The van der Waals surface area contributed by atoms with Crippen LogP contribution in [0, 0.1) is 0 Å². The molecule has 17 rings (SSSR count). The normalized spacial score (nSPS) is 13.0. The smallest absolute Gasteiger partial charge is 0.0627 e. The fourth-order valence-electron chi connectivity index (χ4n) is 13.8. The van der Waals surface area contributed by atoms with E-state index in [1.54, 1.807) is 0 Å². The summed E-state index contributed by atoms with van der Waals surface area (Å²) in [6, 6.07) is 79.2. The zero-order valence-electron chi connectivity index (χ0n) is 44.3. The highest BCUT2D eigenvalue weighted by Gasteiger charge is 2.29. The highest BCUT2D eigenvalue weighted by atomic mass is 32.1. The van der Waals surface area contributed by atoms with Crippen molar-refractivity contribution in [3.05, 3.63) is 217 Å². The molecule has 11 aromatic carbocycles. The lowest BCUT2D eigenvalue weighted by Crippen LogP contribution is -2.10. The molecule has 0 radical (unpaired) electrons. The Morgan fingerprint density at radius 2 is 0.654 bits per heavy atom. The Morgan fingerprint density at radius 1 is 0.282 bits per heavy atom. The van der Waals surface area contributed by atoms with Gasteiger partial charge in [-0.15, -0.1) is 22.7 Å². The van der Waals surface area contributed by atoms with Crippen molar-refractivity contribution < 1.29 is 0 Å². The van der Waals surface area contributed by atoms with Gasteiger partial charge in [0.2, 0.25) is 0 Å². The first kappa shape index (κ1) is 44.6. The standard InChI is InChI=1S/C74H52N2S2/c1-73(2,3)43-27-23-41(24-28-43)45-15-7-9-17-47(45)51-31-33-55-67-59(37-35-53-49-19-11-13-21-63(49)77-71(53)67)75-61-40-58-62(39-57(61)65(51)69(55)75)76-60-38-36-54-50-20-12-14-22-64(50)78-72(54)68(60)56-34-32-52(66(58)70(56)76)48-18-10-8-16-46(48)42-25-29-44(30-26-42)74(4,5)6/h7-40H,1-6H3. The van der Waals surface area contributed by atoms with Crippen LogP contribution in [0.1, 0.15) is 52.7 Å². The zero-order chi connectivity index (χ0) is 52.1. The third-order valence-corrected chi connectivity index (χ3v) is 20.0. The summed E-state index contributed by atoms with van der Waals surface area (Å²) < 4.78 is 10.6. The summed E-state index contributed by atoms with van der Waals surface area (Å²) in [6.45, 7) is 13.8. The fourth-order valence-corrected chi connectivity index (χ4v) is 16.3. The third kappa shape index (κ3) is 5.97. The van der Waals surface area contributed by atoms with Crippen molar-refractivity contribution >= 4 is 139 Å². The van der Waals surface area contributed by atoms with Gasteiger partial charge < -0.3 is 8.80 Å². The second kappa shape index (κ2) is 15.6. The van der Waals surface area contributed by atoms with Crippen molar-refractivity contribution in [1.82, 2.24) is 8.80 Å². The Balaban J connectivity index is 1.03. The van der Waals surface area contributed by atoms with E-state index in [1.165, 1.54) is 172 Å². The van der Waals surface area contributed by atoms with Crippen molar-refractivity contribution in [1.29, 1.82) is 0 Å². The number of benzene rings is 11. The van der Waals surface area contributed by atoms with E-state index in [4.69, 9.17) is 0 Å². The Morgan fingerprint density at radius 3 is 1.06 bits per heavy atom. The van der Waals surface area contributed by atoms with Gasteiger partial charge in [-0.3, -0.25) is 0 Å². The molecular formula is C74H52N2S2. The number of rotatable bonds is 4. The molecule has 370 valence electrons. The maximum absolute atomic E-state index is 2.64. The van der Waals surface area contributed by atoms with Crippen molar-refractivity contribution in [2.75, 3.05) is 0 Å². The maximum atomic E-state index is 2.64. The maximum Gasteiger partial charge on any atom is 0.0627 e. The number of hydrogen-bond donors (Lipinski definition) is 0. The molecule has 0 aliphatic rings. The van der Waals surface area contributed by atoms with E-state index in [0.29, 0.717) is 0 Å². The molecule has 0 saturated heterocycles. The van der Waals surface area contributed by atoms with E-state index in [-0.39, 0.29) is 10.8 Å². The van der Waals surface area contributed by atoms with Crippen LogP contribution in [0.2, 0.25) is 0 Å². The molecule has 4 heteroatoms. The van der Waals surface area contributed by atoms with Crippen molar-refractivity contribution in [3.8, 4) is 44.5 Å². The summed E-state index contributed by atoms with van der Waals surface area (Å²) in [5.41, 5.74) is 20.3. The minimum absolute atomic E-state index is 0.0644. The van der Waals surface area contributed by atoms with E-state index < -0.39 is 0 Å². The molecule has 0 N–H and O–H groups in total. The van der Waals surface area contributed by atoms with Gasteiger partial charge in [0.15, 0.2) is 0 Å². The van der Waals surface area contributed by atoms with E-state index in [2.05, 4.69) is 257 Å². The number of nitrogens with zero attached hydrogens (tertiary/aromatic N) is 2. The Labute approximate surface area is 459 Å². The number of fused-ring (bicyclic) bond motifs is 20. The van der Waals surface area contributed by atoms with Crippen LogP contribution >= 0.6 is 22.7 Å². The van der Waals surface area contributed by atoms with Gasteiger partial charge >= 0.3 is 0 Å². The van der Waals surface area contributed by atoms with Crippen LogP contribution in [0.5, 0.6) is 0 Å². The van der Waals surface area contributed by atoms with Crippen LogP contribution in [0.4, 0.5) is 0 Å². The average Bonchev–Trinajstić information content (AvgIpc) is 3.45. The van der Waals surface area contributed by atoms with Gasteiger partial charge in [-0.2, -0.15) is 0 Å². The van der Waals surface area contributed by atoms with E-state index in [9.17, 15) is 0 Å². The first-order chi connectivity index (χ1) is 38.0. The molecule has 0 bridgehead atoms. The molecule has 0 atom stereocenters. The zero-order valence-corrected chi connectivity index (χ0v) is 46.0. The van der Waals surface area contributed by atoms with Gasteiger partial charge in [0.05, 0.1) is 33.1 Å². The average molecular weight is 1030 g/mol. The van der Waals surface area contributed by atoms with Gasteiger partial charge in [-0.25, -0.2) is 0 Å². The lowest BCUT2D eigenvalue weighted by atomic mass is 9.85. The molecule has 0 fully saturated rings. The number of hydrogen-bond acceptors (Lipinski definition) is 2. The minimum atomic E-state index is 0.0644. The molecule has 78 heavy (non-hydrogen) atoms. The molecule has 0 saturated carbocycles. The summed E-state index contributed by atoms with van der Waals surface area (Å²) in [5.74, 6) is 0. The summed E-state index contributed by atoms with van der Waals surface area (Å²) >= 11 is 3.86. The van der Waals surface area contributed by atoms with Crippen molar-refractivity contribution in [3.63, 3.8) is 0 Å². The van der Waals surface area contributed by atoms with Gasteiger partial charge in [0.25, 0.3) is 0 Å². The lowest BCUT2D eigenvalue weighted by Gasteiger charge is -2.19. The van der Waals surface area contributed by atoms with Crippen LogP contribution in [0.3, 0.4) is 0 Å². The van der Waals surface area contributed by atoms with E-state index in [1.807, 2.05) is 22.7 Å². The molecule has 0 unspecified atom stereocenters. The second-order valence-corrected chi connectivity index (χ2v) is 26.0. The first-order valence-electron chi connectivity index (χ1n) is 27.4. The predicted molar refractivity (Wildman–Crippen MR) is 341 cm³/mol. The van der Waals surface area contributed by atoms with Gasteiger partial charge in [0, 0.05) is 83.4 Å². The molecule has 2 nitrogen and oxygen atoms in total. The molecule has 17 aromatic rings. The first-order valence-corrected chi connectivity index (χ1v) is 29.0.